The zero-order valence-corrected chi connectivity index (χ0v) is 10.4. The molecule has 0 aromatic heterocycles. The van der Waals surface area contributed by atoms with Crippen molar-refractivity contribution in [1.82, 2.24) is 4.90 Å². The highest BCUT2D eigenvalue weighted by atomic mass is 19.4. The molecule has 0 amide bonds. The van der Waals surface area contributed by atoms with Gasteiger partial charge in [0.05, 0.1) is 12.2 Å². The number of likely N-dealkylation sites (N-methyl/N-ethyl adjacent to an activating group) is 1. The number of benzene rings is 1. The van der Waals surface area contributed by atoms with Gasteiger partial charge in [0.15, 0.2) is 0 Å². The number of hydrogen-bond donors (Lipinski definition) is 0. The maximum absolute atomic E-state index is 12.4. The predicted molar refractivity (Wildman–Crippen MR) is 62.3 cm³/mol. The van der Waals surface area contributed by atoms with Crippen molar-refractivity contribution in [2.75, 3.05) is 13.7 Å². The van der Waals surface area contributed by atoms with Crippen molar-refractivity contribution < 1.29 is 22.7 Å². The molecule has 104 valence electrons. The topological polar surface area (TPSA) is 29.5 Å². The first-order valence-electron chi connectivity index (χ1n) is 5.91. The van der Waals surface area contributed by atoms with Crippen LogP contribution in [-0.2, 0) is 22.3 Å². The Kier molecular flexibility index (Phi) is 3.80. The van der Waals surface area contributed by atoms with E-state index < -0.39 is 11.7 Å². The van der Waals surface area contributed by atoms with Gasteiger partial charge in [-0.15, -0.1) is 0 Å². The van der Waals surface area contributed by atoms with Crippen molar-refractivity contribution in [3.8, 4) is 0 Å². The van der Waals surface area contributed by atoms with Crippen LogP contribution in [0.25, 0.3) is 0 Å². The molecule has 1 saturated heterocycles. The third-order valence-corrected chi connectivity index (χ3v) is 3.15. The molecule has 0 spiro atoms. The Morgan fingerprint density at radius 2 is 1.95 bits per heavy atom. The Hall–Kier alpha value is -1.56. The summed E-state index contributed by atoms with van der Waals surface area (Å²) in [5, 5.41) is 0. The van der Waals surface area contributed by atoms with Crippen molar-refractivity contribution in [2.24, 2.45) is 0 Å². The molecule has 0 bridgehead atoms. The van der Waals surface area contributed by atoms with Crippen LogP contribution in [0.1, 0.15) is 17.5 Å². The molecule has 1 aromatic carbocycles. The number of nitrogens with zero attached hydrogens (tertiary/aromatic N) is 1. The lowest BCUT2D eigenvalue weighted by Crippen LogP contribution is -2.34. The number of halogens is 3. The van der Waals surface area contributed by atoms with Crippen molar-refractivity contribution in [3.63, 3.8) is 0 Å². The molecule has 19 heavy (non-hydrogen) atoms. The Labute approximate surface area is 109 Å². The van der Waals surface area contributed by atoms with Gasteiger partial charge in [-0.3, -0.25) is 9.69 Å². The van der Waals surface area contributed by atoms with E-state index in [-0.39, 0.29) is 12.0 Å². The second-order valence-electron chi connectivity index (χ2n) is 4.58. The minimum absolute atomic E-state index is 0.269. The minimum atomic E-state index is -4.32. The second-order valence-corrected chi connectivity index (χ2v) is 4.58. The Balaban J connectivity index is 2.01. The molecule has 2 rings (SSSR count). The monoisotopic (exact) mass is 273 g/mol. The summed E-state index contributed by atoms with van der Waals surface area (Å²) in [5.41, 5.74) is 0.0642. The van der Waals surface area contributed by atoms with Crippen LogP contribution in [0.15, 0.2) is 24.3 Å². The third-order valence-electron chi connectivity index (χ3n) is 3.15. The largest absolute Gasteiger partial charge is 0.464 e. The first-order valence-corrected chi connectivity index (χ1v) is 5.91. The van der Waals surface area contributed by atoms with Crippen LogP contribution in [0.4, 0.5) is 13.2 Å². The Morgan fingerprint density at radius 1 is 1.32 bits per heavy atom. The second kappa shape index (κ2) is 5.21. The number of cyclic esters (lactones) is 1. The maximum atomic E-state index is 12.4. The zero-order valence-electron chi connectivity index (χ0n) is 10.4. The van der Waals surface area contributed by atoms with Crippen LogP contribution in [0.5, 0.6) is 0 Å². The lowest BCUT2D eigenvalue weighted by molar-refractivity contribution is -0.142. The van der Waals surface area contributed by atoms with Crippen LogP contribution in [0.3, 0.4) is 0 Å². The summed E-state index contributed by atoms with van der Waals surface area (Å²) in [7, 11) is 1.76. The highest BCUT2D eigenvalue weighted by molar-refractivity contribution is 5.77. The summed E-state index contributed by atoms with van der Waals surface area (Å²) in [6.45, 7) is 0.818. The third kappa shape index (κ3) is 3.26. The van der Waals surface area contributed by atoms with Crippen LogP contribution in [0.2, 0.25) is 0 Å². The van der Waals surface area contributed by atoms with E-state index >= 15 is 0 Å². The first kappa shape index (κ1) is 13.9. The lowest BCUT2D eigenvalue weighted by Gasteiger charge is -2.21. The van der Waals surface area contributed by atoms with Gasteiger partial charge in [-0.05, 0) is 24.7 Å². The van der Waals surface area contributed by atoms with E-state index in [0.717, 1.165) is 17.7 Å². The first-order chi connectivity index (χ1) is 8.88. The number of hydrogen-bond acceptors (Lipinski definition) is 3. The molecule has 0 N–H and O–H groups in total. The molecule has 6 heteroatoms. The van der Waals surface area contributed by atoms with Gasteiger partial charge in [0, 0.05) is 13.0 Å². The number of carbonyl (C=O) groups excluding carboxylic acids is 1. The quantitative estimate of drug-likeness (QED) is 0.792. The molecular formula is C13H14F3NO2. The van der Waals surface area contributed by atoms with Crippen LogP contribution >= 0.6 is 0 Å². The fourth-order valence-electron chi connectivity index (χ4n) is 2.08. The molecule has 0 aliphatic carbocycles. The predicted octanol–water partition coefficient (Wildman–Crippen LogP) is 2.45. The van der Waals surface area contributed by atoms with Crippen LogP contribution in [0, 0.1) is 0 Å². The molecule has 1 atom stereocenters. The van der Waals surface area contributed by atoms with Crippen LogP contribution < -0.4 is 0 Å². The lowest BCUT2D eigenvalue weighted by atomic mass is 10.1. The number of ether oxygens (including phenoxy) is 1. The smallest absolute Gasteiger partial charge is 0.416 e. The summed E-state index contributed by atoms with van der Waals surface area (Å²) < 4.78 is 42.1. The molecule has 0 unspecified atom stereocenters. The fourth-order valence-corrected chi connectivity index (χ4v) is 2.08. The maximum Gasteiger partial charge on any atom is 0.416 e. The summed E-state index contributed by atoms with van der Waals surface area (Å²) >= 11 is 0. The summed E-state index contributed by atoms with van der Waals surface area (Å²) in [4.78, 5) is 13.2. The van der Waals surface area contributed by atoms with E-state index in [0.29, 0.717) is 19.6 Å². The van der Waals surface area contributed by atoms with Gasteiger partial charge in [0.1, 0.15) is 6.04 Å². The van der Waals surface area contributed by atoms with Crippen molar-refractivity contribution in [3.05, 3.63) is 35.4 Å². The van der Waals surface area contributed by atoms with Gasteiger partial charge in [0.25, 0.3) is 0 Å². The fraction of sp³-hybridized carbons (Fsp3) is 0.462. The molecule has 0 saturated carbocycles. The summed E-state index contributed by atoms with van der Waals surface area (Å²) in [6, 6.07) is 4.66. The van der Waals surface area contributed by atoms with Gasteiger partial charge in [-0.2, -0.15) is 13.2 Å². The molecule has 1 aliphatic heterocycles. The Morgan fingerprint density at radius 3 is 2.42 bits per heavy atom. The Bertz CT molecular complexity index is 456. The summed E-state index contributed by atoms with van der Waals surface area (Å²) in [6.07, 6.45) is -3.70. The van der Waals surface area contributed by atoms with E-state index in [2.05, 4.69) is 0 Å². The van der Waals surface area contributed by atoms with E-state index in [4.69, 9.17) is 4.74 Å². The van der Waals surface area contributed by atoms with E-state index in [1.807, 2.05) is 0 Å². The molecule has 3 nitrogen and oxygen atoms in total. The van der Waals surface area contributed by atoms with Crippen molar-refractivity contribution in [2.45, 2.75) is 25.2 Å². The van der Waals surface area contributed by atoms with Gasteiger partial charge >= 0.3 is 12.1 Å². The number of rotatable bonds is 3. The zero-order chi connectivity index (χ0) is 14.0. The van der Waals surface area contributed by atoms with Gasteiger partial charge < -0.3 is 4.74 Å². The van der Waals surface area contributed by atoms with E-state index in [9.17, 15) is 18.0 Å². The van der Waals surface area contributed by atoms with Crippen molar-refractivity contribution in [1.29, 1.82) is 0 Å². The average Bonchev–Trinajstić information content (AvgIpc) is 2.75. The van der Waals surface area contributed by atoms with E-state index in [1.165, 1.54) is 12.1 Å². The normalized spacial score (nSPS) is 19.8. The van der Waals surface area contributed by atoms with E-state index in [1.54, 1.807) is 11.9 Å². The standard InChI is InChI=1S/C13H14F3NO2/c1-17(11-6-7-19-12(11)18)8-9-2-4-10(5-3-9)13(14,15)16/h2-5,11H,6-8H2,1H3/t11-/m1/s1. The highest BCUT2D eigenvalue weighted by Crippen LogP contribution is 2.29. The number of alkyl halides is 3. The average molecular weight is 273 g/mol. The molecule has 1 heterocycles. The number of carbonyl (C=O) groups is 1. The van der Waals surface area contributed by atoms with Crippen LogP contribution in [-0.4, -0.2) is 30.6 Å². The van der Waals surface area contributed by atoms with Gasteiger partial charge in [0.2, 0.25) is 0 Å². The SMILES string of the molecule is CN(Cc1ccc(C(F)(F)F)cc1)[C@@H]1CCOC1=O. The minimum Gasteiger partial charge on any atom is -0.464 e. The molecular weight excluding hydrogens is 259 g/mol. The van der Waals surface area contributed by atoms with Gasteiger partial charge in [-0.1, -0.05) is 12.1 Å². The highest BCUT2D eigenvalue weighted by Gasteiger charge is 2.31. The van der Waals surface area contributed by atoms with Gasteiger partial charge in [-0.25, -0.2) is 0 Å². The molecule has 0 radical (unpaired) electrons. The number of esters is 1. The molecule has 1 aliphatic rings. The van der Waals surface area contributed by atoms with Crippen molar-refractivity contribution >= 4 is 5.97 Å². The molecule has 1 aromatic rings. The summed E-state index contributed by atoms with van der Waals surface area (Å²) in [5.74, 6) is -0.269. The molecule has 1 fully saturated rings.